The van der Waals surface area contributed by atoms with Gasteiger partial charge in [-0.25, -0.2) is 0 Å². The number of likely N-dealkylation sites (tertiary alicyclic amines) is 1. The van der Waals surface area contributed by atoms with Crippen LogP contribution in [0.4, 0.5) is 0 Å². The van der Waals surface area contributed by atoms with Crippen LogP contribution in [0.2, 0.25) is 0 Å². The number of rotatable bonds is 1. The molecule has 0 aromatic carbocycles. The van der Waals surface area contributed by atoms with Crippen LogP contribution in [0, 0.1) is 0 Å². The summed E-state index contributed by atoms with van der Waals surface area (Å²) in [5.41, 5.74) is 0. The fourth-order valence-electron chi connectivity index (χ4n) is 1.43. The summed E-state index contributed by atoms with van der Waals surface area (Å²) in [6.45, 7) is 6.53. The van der Waals surface area contributed by atoms with Crippen LogP contribution in [0.3, 0.4) is 0 Å². The molecule has 0 saturated carbocycles. The SMILES string of the molecule is CC(C)[NH+]1CCC(=O)CC1. The highest BCUT2D eigenvalue weighted by Crippen LogP contribution is 1.90. The molecule has 1 rings (SSSR count). The maximum atomic E-state index is 10.8. The van der Waals surface area contributed by atoms with Gasteiger partial charge in [0.05, 0.1) is 32.0 Å². The Kier molecular flexibility index (Phi) is 2.44. The second-order valence-electron chi connectivity index (χ2n) is 3.35. The van der Waals surface area contributed by atoms with Crippen LogP contribution in [-0.2, 0) is 4.79 Å². The van der Waals surface area contributed by atoms with Gasteiger partial charge in [-0.3, -0.25) is 4.79 Å². The Bertz CT molecular complexity index is 121. The summed E-state index contributed by atoms with van der Waals surface area (Å²) in [4.78, 5) is 12.4. The van der Waals surface area contributed by atoms with E-state index in [-0.39, 0.29) is 0 Å². The highest BCUT2D eigenvalue weighted by molar-refractivity contribution is 5.78. The van der Waals surface area contributed by atoms with Crippen molar-refractivity contribution in [1.29, 1.82) is 0 Å². The Morgan fingerprint density at radius 3 is 2.20 bits per heavy atom. The van der Waals surface area contributed by atoms with Gasteiger partial charge in [-0.1, -0.05) is 0 Å². The summed E-state index contributed by atoms with van der Waals surface area (Å²) in [6, 6.07) is 0.688. The van der Waals surface area contributed by atoms with Crippen molar-refractivity contribution in [2.24, 2.45) is 0 Å². The van der Waals surface area contributed by atoms with Crippen LogP contribution in [-0.4, -0.2) is 24.9 Å². The summed E-state index contributed by atoms with van der Waals surface area (Å²) in [6.07, 6.45) is 1.60. The highest BCUT2D eigenvalue weighted by Gasteiger charge is 2.20. The third kappa shape index (κ3) is 1.81. The molecule has 10 heavy (non-hydrogen) atoms. The van der Waals surface area contributed by atoms with Gasteiger partial charge in [0.15, 0.2) is 0 Å². The lowest BCUT2D eigenvalue weighted by atomic mass is 10.1. The predicted octanol–water partition coefficient (Wildman–Crippen LogP) is -0.357. The number of hydrogen-bond acceptors (Lipinski definition) is 1. The molecule has 1 N–H and O–H groups in total. The van der Waals surface area contributed by atoms with Gasteiger partial charge in [0.25, 0.3) is 0 Å². The fourth-order valence-corrected chi connectivity index (χ4v) is 1.43. The summed E-state index contributed by atoms with van der Waals surface area (Å²) < 4.78 is 0. The largest absolute Gasteiger partial charge is 0.332 e. The Balaban J connectivity index is 2.33. The van der Waals surface area contributed by atoms with Crippen molar-refractivity contribution in [2.75, 3.05) is 13.1 Å². The Labute approximate surface area is 62.2 Å². The van der Waals surface area contributed by atoms with E-state index in [1.165, 1.54) is 0 Å². The van der Waals surface area contributed by atoms with Crippen molar-refractivity contribution in [2.45, 2.75) is 32.7 Å². The van der Waals surface area contributed by atoms with Crippen molar-refractivity contribution < 1.29 is 9.69 Å². The molecule has 1 heterocycles. The van der Waals surface area contributed by atoms with Crippen LogP contribution in [0.15, 0.2) is 0 Å². The molecular weight excluding hydrogens is 126 g/mol. The Hall–Kier alpha value is -0.370. The van der Waals surface area contributed by atoms with Gasteiger partial charge in [-0.15, -0.1) is 0 Å². The average Bonchev–Trinajstić information content (AvgIpc) is 1.88. The molecule has 1 aliphatic heterocycles. The number of ketones is 1. The molecule has 1 aliphatic rings. The average molecular weight is 142 g/mol. The van der Waals surface area contributed by atoms with Crippen molar-refractivity contribution in [1.82, 2.24) is 0 Å². The molecule has 58 valence electrons. The lowest BCUT2D eigenvalue weighted by Gasteiger charge is -2.26. The minimum Gasteiger partial charge on any atom is -0.332 e. The highest BCUT2D eigenvalue weighted by atomic mass is 16.1. The maximum absolute atomic E-state index is 10.8. The van der Waals surface area contributed by atoms with Crippen molar-refractivity contribution in [3.8, 4) is 0 Å². The van der Waals surface area contributed by atoms with Crippen LogP contribution < -0.4 is 4.90 Å². The van der Waals surface area contributed by atoms with Gasteiger partial charge in [0.2, 0.25) is 0 Å². The zero-order valence-electron chi connectivity index (χ0n) is 6.81. The van der Waals surface area contributed by atoms with Crippen molar-refractivity contribution >= 4 is 5.78 Å². The number of piperidine rings is 1. The molecule has 0 spiro atoms. The van der Waals surface area contributed by atoms with Gasteiger partial charge in [0.1, 0.15) is 5.78 Å². The minimum atomic E-state index is 0.449. The van der Waals surface area contributed by atoms with E-state index >= 15 is 0 Å². The van der Waals surface area contributed by atoms with Gasteiger partial charge >= 0.3 is 0 Å². The summed E-state index contributed by atoms with van der Waals surface area (Å²) in [5, 5.41) is 0. The number of carbonyl (C=O) groups is 1. The second-order valence-corrected chi connectivity index (χ2v) is 3.35. The first-order valence-electron chi connectivity index (χ1n) is 4.06. The van der Waals surface area contributed by atoms with E-state index in [4.69, 9.17) is 0 Å². The summed E-state index contributed by atoms with van der Waals surface area (Å²) >= 11 is 0. The van der Waals surface area contributed by atoms with Crippen LogP contribution >= 0.6 is 0 Å². The van der Waals surface area contributed by atoms with Crippen LogP contribution in [0.1, 0.15) is 26.7 Å². The topological polar surface area (TPSA) is 21.5 Å². The predicted molar refractivity (Wildman–Crippen MR) is 40.1 cm³/mol. The number of carbonyl (C=O) groups excluding carboxylic acids is 1. The maximum Gasteiger partial charge on any atom is 0.144 e. The lowest BCUT2D eigenvalue weighted by molar-refractivity contribution is -0.922. The van der Waals surface area contributed by atoms with E-state index < -0.39 is 0 Å². The van der Waals surface area contributed by atoms with E-state index in [0.29, 0.717) is 11.8 Å². The molecular formula is C8H16NO+. The van der Waals surface area contributed by atoms with Crippen molar-refractivity contribution in [3.63, 3.8) is 0 Å². The molecule has 0 amide bonds. The molecule has 2 nitrogen and oxygen atoms in total. The van der Waals surface area contributed by atoms with E-state index in [2.05, 4.69) is 13.8 Å². The molecule has 1 saturated heterocycles. The lowest BCUT2D eigenvalue weighted by Crippen LogP contribution is -3.16. The molecule has 0 unspecified atom stereocenters. The normalized spacial score (nSPS) is 22.1. The summed E-state index contributed by atoms with van der Waals surface area (Å²) in [7, 11) is 0. The number of nitrogens with one attached hydrogen (secondary N) is 1. The van der Waals surface area contributed by atoms with Crippen LogP contribution in [0.25, 0.3) is 0 Å². The molecule has 0 aromatic rings. The second kappa shape index (κ2) is 3.15. The van der Waals surface area contributed by atoms with Gasteiger partial charge in [0, 0.05) is 0 Å². The van der Waals surface area contributed by atoms with Gasteiger partial charge in [-0.05, 0) is 13.8 Å². The van der Waals surface area contributed by atoms with E-state index in [9.17, 15) is 4.79 Å². The van der Waals surface area contributed by atoms with E-state index in [1.807, 2.05) is 0 Å². The van der Waals surface area contributed by atoms with Crippen molar-refractivity contribution in [3.05, 3.63) is 0 Å². The molecule has 2 heteroatoms. The molecule has 0 aromatic heterocycles. The zero-order chi connectivity index (χ0) is 7.56. The zero-order valence-corrected chi connectivity index (χ0v) is 6.81. The Morgan fingerprint density at radius 1 is 1.30 bits per heavy atom. The third-order valence-corrected chi connectivity index (χ3v) is 2.27. The minimum absolute atomic E-state index is 0.449. The first-order chi connectivity index (χ1) is 4.70. The van der Waals surface area contributed by atoms with E-state index in [1.54, 1.807) is 4.90 Å². The molecule has 1 fully saturated rings. The van der Waals surface area contributed by atoms with Gasteiger partial charge < -0.3 is 4.90 Å². The smallest absolute Gasteiger partial charge is 0.144 e. The third-order valence-electron chi connectivity index (χ3n) is 2.27. The molecule has 0 atom stereocenters. The standard InChI is InChI=1S/C8H15NO/c1-7(2)9-5-3-8(10)4-6-9/h7H,3-6H2,1-2H3/p+1. The molecule has 0 aliphatic carbocycles. The first-order valence-corrected chi connectivity index (χ1v) is 4.06. The number of Topliss-reactive ketones (excluding diaryl/α,β-unsaturated/α-hetero) is 1. The molecule has 0 radical (unpaired) electrons. The van der Waals surface area contributed by atoms with E-state index in [0.717, 1.165) is 25.9 Å². The fraction of sp³-hybridized carbons (Fsp3) is 0.875. The number of hydrogen-bond donors (Lipinski definition) is 1. The Morgan fingerprint density at radius 2 is 1.80 bits per heavy atom. The quantitative estimate of drug-likeness (QED) is 0.530. The molecule has 0 bridgehead atoms. The van der Waals surface area contributed by atoms with Crippen LogP contribution in [0.5, 0.6) is 0 Å². The van der Waals surface area contributed by atoms with Gasteiger partial charge in [-0.2, -0.15) is 0 Å². The monoisotopic (exact) mass is 142 g/mol. The number of quaternary nitrogens is 1. The summed E-state index contributed by atoms with van der Waals surface area (Å²) in [5.74, 6) is 0.449. The first kappa shape index (κ1) is 7.73.